The minimum Gasteiger partial charge on any atom is -0.382 e. The summed E-state index contributed by atoms with van der Waals surface area (Å²) in [6.45, 7) is 1.61. The molecule has 0 saturated heterocycles. The predicted molar refractivity (Wildman–Crippen MR) is 88.6 cm³/mol. The Morgan fingerprint density at radius 2 is 2.24 bits per heavy atom. The van der Waals surface area contributed by atoms with E-state index in [1.54, 1.807) is 16.5 Å². The zero-order valence-corrected chi connectivity index (χ0v) is 13.9. The van der Waals surface area contributed by atoms with E-state index in [0.717, 1.165) is 25.2 Å². The van der Waals surface area contributed by atoms with Crippen LogP contribution in [0.25, 0.3) is 0 Å². The molecular weight excluding hydrogens is 330 g/mol. The van der Waals surface area contributed by atoms with Crippen LogP contribution >= 0.6 is 15.9 Å². The molecule has 21 heavy (non-hydrogen) atoms. The lowest BCUT2D eigenvalue weighted by molar-refractivity contribution is 0.532. The molecule has 0 aromatic carbocycles. The van der Waals surface area contributed by atoms with Crippen LogP contribution in [-0.4, -0.2) is 16.3 Å². The molecule has 1 aromatic heterocycles. The molecule has 0 atom stereocenters. The van der Waals surface area contributed by atoms with Crippen molar-refractivity contribution in [3.63, 3.8) is 0 Å². The molecule has 1 fully saturated rings. The van der Waals surface area contributed by atoms with Crippen molar-refractivity contribution < 1.29 is 0 Å². The van der Waals surface area contributed by atoms with E-state index in [1.807, 2.05) is 0 Å². The van der Waals surface area contributed by atoms with Crippen LogP contribution in [0.1, 0.15) is 44.9 Å². The monoisotopic (exact) mass is 351 g/mol. The molecule has 0 spiro atoms. The van der Waals surface area contributed by atoms with Gasteiger partial charge in [-0.2, -0.15) is 5.10 Å². The molecule has 0 amide bonds. The predicted octanol–water partition coefficient (Wildman–Crippen LogP) is 3.72. The van der Waals surface area contributed by atoms with Crippen molar-refractivity contribution in [2.45, 2.75) is 51.5 Å². The first-order valence-corrected chi connectivity index (χ1v) is 8.71. The van der Waals surface area contributed by atoms with Gasteiger partial charge in [-0.15, -0.1) is 0 Å². The van der Waals surface area contributed by atoms with Crippen molar-refractivity contribution in [2.24, 2.45) is 5.92 Å². The van der Waals surface area contributed by atoms with Gasteiger partial charge in [-0.1, -0.05) is 11.6 Å². The number of hydrogen-bond acceptors (Lipinski definition) is 3. The van der Waals surface area contributed by atoms with Gasteiger partial charge in [-0.25, -0.2) is 4.68 Å². The Kier molecular flexibility index (Phi) is 4.78. The van der Waals surface area contributed by atoms with Gasteiger partial charge in [0.15, 0.2) is 0 Å². The van der Waals surface area contributed by atoms with Gasteiger partial charge in [0.05, 0.1) is 11.9 Å². The van der Waals surface area contributed by atoms with Crippen LogP contribution in [0.5, 0.6) is 0 Å². The highest BCUT2D eigenvalue weighted by atomic mass is 79.9. The average Bonchev–Trinajstić information content (AvgIpc) is 3.31. The molecule has 3 rings (SSSR count). The third kappa shape index (κ3) is 3.96. The van der Waals surface area contributed by atoms with Crippen LogP contribution in [0.4, 0.5) is 5.69 Å². The Morgan fingerprint density at radius 1 is 1.38 bits per heavy atom. The Hall–Kier alpha value is -1.10. The lowest BCUT2D eigenvalue weighted by atomic mass is 9.97. The fraction of sp³-hybridized carbons (Fsp3) is 0.625. The van der Waals surface area contributed by atoms with E-state index >= 15 is 0 Å². The van der Waals surface area contributed by atoms with Crippen LogP contribution in [0.2, 0.25) is 0 Å². The first-order valence-electron chi connectivity index (χ1n) is 7.91. The summed E-state index contributed by atoms with van der Waals surface area (Å²) in [6, 6.07) is 0. The summed E-state index contributed by atoms with van der Waals surface area (Å²) >= 11 is 3.42. The van der Waals surface area contributed by atoms with E-state index in [2.05, 4.69) is 32.4 Å². The molecule has 2 aliphatic carbocycles. The van der Waals surface area contributed by atoms with E-state index in [0.29, 0.717) is 10.4 Å². The van der Waals surface area contributed by atoms with Crippen molar-refractivity contribution >= 4 is 21.6 Å². The summed E-state index contributed by atoms with van der Waals surface area (Å²) < 4.78 is 2.19. The van der Waals surface area contributed by atoms with E-state index in [9.17, 15) is 4.79 Å². The quantitative estimate of drug-likeness (QED) is 0.794. The minimum absolute atomic E-state index is 0.0243. The lowest BCUT2D eigenvalue weighted by Gasteiger charge is -2.14. The van der Waals surface area contributed by atoms with Crippen LogP contribution < -0.4 is 10.9 Å². The molecule has 1 aromatic rings. The second-order valence-corrected chi connectivity index (χ2v) is 6.88. The van der Waals surface area contributed by atoms with Crippen molar-refractivity contribution in [3.05, 3.63) is 32.7 Å². The Labute approximate surface area is 133 Å². The fourth-order valence-corrected chi connectivity index (χ4v) is 3.20. The molecule has 5 heteroatoms. The first-order chi connectivity index (χ1) is 10.2. The van der Waals surface area contributed by atoms with Gasteiger partial charge in [-0.05, 0) is 66.8 Å². The first kappa shape index (κ1) is 14.8. The molecule has 0 bridgehead atoms. The van der Waals surface area contributed by atoms with Crippen molar-refractivity contribution in [1.82, 2.24) is 9.78 Å². The van der Waals surface area contributed by atoms with E-state index in [4.69, 9.17) is 0 Å². The second kappa shape index (κ2) is 6.77. The van der Waals surface area contributed by atoms with Gasteiger partial charge in [-0.3, -0.25) is 4.79 Å². The SMILES string of the molecule is O=c1c(Br)c(NCCC2=CCCCC2)cnn1CC1CC1. The Balaban J connectivity index is 1.58. The maximum Gasteiger partial charge on any atom is 0.283 e. The topological polar surface area (TPSA) is 46.9 Å². The number of halogens is 1. The minimum atomic E-state index is -0.0243. The van der Waals surface area contributed by atoms with Crippen LogP contribution in [-0.2, 0) is 6.54 Å². The molecule has 114 valence electrons. The highest BCUT2D eigenvalue weighted by Gasteiger charge is 2.23. The number of aromatic nitrogens is 2. The van der Waals surface area contributed by atoms with Gasteiger partial charge >= 0.3 is 0 Å². The zero-order valence-electron chi connectivity index (χ0n) is 12.3. The second-order valence-electron chi connectivity index (χ2n) is 6.09. The molecule has 1 saturated carbocycles. The van der Waals surface area contributed by atoms with E-state index in [1.165, 1.54) is 38.5 Å². The molecule has 4 nitrogen and oxygen atoms in total. The van der Waals surface area contributed by atoms with Crippen molar-refractivity contribution in [2.75, 3.05) is 11.9 Å². The van der Waals surface area contributed by atoms with Gasteiger partial charge in [0.25, 0.3) is 5.56 Å². The van der Waals surface area contributed by atoms with Gasteiger partial charge in [0.2, 0.25) is 0 Å². The number of anilines is 1. The van der Waals surface area contributed by atoms with Gasteiger partial charge in [0.1, 0.15) is 4.47 Å². The van der Waals surface area contributed by atoms with Gasteiger partial charge in [0, 0.05) is 13.1 Å². The molecule has 1 N–H and O–H groups in total. The van der Waals surface area contributed by atoms with E-state index < -0.39 is 0 Å². The highest BCUT2D eigenvalue weighted by Crippen LogP contribution is 2.30. The lowest BCUT2D eigenvalue weighted by Crippen LogP contribution is -2.25. The Bertz CT molecular complexity index is 590. The van der Waals surface area contributed by atoms with Crippen LogP contribution in [0.3, 0.4) is 0 Å². The third-order valence-electron chi connectivity index (χ3n) is 4.26. The number of nitrogens with zero attached hydrogens (tertiary/aromatic N) is 2. The normalized spacial score (nSPS) is 18.4. The molecule has 0 unspecified atom stereocenters. The zero-order chi connectivity index (χ0) is 14.7. The largest absolute Gasteiger partial charge is 0.382 e. The summed E-state index contributed by atoms with van der Waals surface area (Å²) in [7, 11) is 0. The molecular formula is C16H22BrN3O. The van der Waals surface area contributed by atoms with Gasteiger partial charge < -0.3 is 5.32 Å². The number of nitrogens with one attached hydrogen (secondary N) is 1. The summed E-state index contributed by atoms with van der Waals surface area (Å²) in [4.78, 5) is 12.2. The molecule has 0 radical (unpaired) electrons. The molecule has 2 aliphatic rings. The van der Waals surface area contributed by atoms with Crippen LogP contribution in [0, 0.1) is 5.92 Å². The molecule has 1 heterocycles. The summed E-state index contributed by atoms with van der Waals surface area (Å²) in [6.07, 6.45) is 12.7. The number of allylic oxidation sites excluding steroid dienone is 1. The average molecular weight is 352 g/mol. The maximum atomic E-state index is 12.2. The third-order valence-corrected chi connectivity index (χ3v) is 5.03. The smallest absolute Gasteiger partial charge is 0.283 e. The van der Waals surface area contributed by atoms with E-state index in [-0.39, 0.29) is 5.56 Å². The summed E-state index contributed by atoms with van der Waals surface area (Å²) in [5.74, 6) is 0.652. The summed E-state index contributed by atoms with van der Waals surface area (Å²) in [5.41, 5.74) is 2.33. The molecule has 0 aliphatic heterocycles. The van der Waals surface area contributed by atoms with Crippen LogP contribution in [0.15, 0.2) is 27.1 Å². The standard InChI is InChI=1S/C16H22BrN3O/c17-15-14(18-9-8-12-4-2-1-3-5-12)10-19-20(16(15)21)11-13-6-7-13/h4,10,13,18H,1-3,5-9,11H2. The number of hydrogen-bond donors (Lipinski definition) is 1. The van der Waals surface area contributed by atoms with Crippen molar-refractivity contribution in [1.29, 1.82) is 0 Å². The number of rotatable bonds is 6. The highest BCUT2D eigenvalue weighted by molar-refractivity contribution is 9.10. The summed E-state index contributed by atoms with van der Waals surface area (Å²) in [5, 5.41) is 7.62. The van der Waals surface area contributed by atoms with Crippen molar-refractivity contribution in [3.8, 4) is 0 Å². The fourth-order valence-electron chi connectivity index (χ4n) is 2.75. The maximum absolute atomic E-state index is 12.2. The Morgan fingerprint density at radius 3 is 2.95 bits per heavy atom.